The molecule has 5 aliphatic rings. The maximum atomic E-state index is 18.0. The lowest BCUT2D eigenvalue weighted by Gasteiger charge is -2.39. The van der Waals surface area contributed by atoms with E-state index in [-0.39, 0.29) is 50.1 Å². The van der Waals surface area contributed by atoms with Crippen molar-refractivity contribution in [3.05, 3.63) is 59.2 Å². The van der Waals surface area contributed by atoms with Gasteiger partial charge in [-0.15, -0.1) is 0 Å². The van der Waals surface area contributed by atoms with Crippen LogP contribution in [0.1, 0.15) is 67.1 Å². The highest BCUT2D eigenvalue weighted by atomic mass is 19.4. The average Bonchev–Trinajstić information content (AvgIpc) is 3.92. The van der Waals surface area contributed by atoms with Gasteiger partial charge in [0.1, 0.15) is 5.75 Å². The number of halogens is 4. The van der Waals surface area contributed by atoms with E-state index < -0.39 is 40.9 Å². The monoisotopic (exact) mass is 761 g/mol. The Balaban J connectivity index is 1.17. The summed E-state index contributed by atoms with van der Waals surface area (Å²) < 4.78 is 88.0. The van der Waals surface area contributed by atoms with E-state index in [1.54, 1.807) is 31.3 Å². The van der Waals surface area contributed by atoms with Gasteiger partial charge in [-0.1, -0.05) is 18.2 Å². The van der Waals surface area contributed by atoms with Crippen LogP contribution in [0.5, 0.6) is 5.75 Å². The second kappa shape index (κ2) is 15.6. The third-order valence-corrected chi connectivity index (χ3v) is 12.6. The number of amides is 1. The van der Waals surface area contributed by atoms with Crippen LogP contribution in [0.2, 0.25) is 0 Å². The standard InChI is InChI=1S/C40H51F4N3O7/c1-50-24-28-21-46(22-33(28)32-9-6-29(40(42,43)44)20-35(32)45-16-12-27(13-17-45)36(48)52-3)37(49)39(41)25-47(23-34(39)26-4-7-31(51-2)8-5-26)30-10-14-38(15-11-30)53-18-19-54-38/h4-9,20,27-28,30,33-34H,10-19,21-25H2,1-3H3/t28-,33+,34+,39+/m1/s1. The van der Waals surface area contributed by atoms with E-state index in [1.165, 1.54) is 19.2 Å². The molecule has 2 aromatic rings. The normalized spacial score (nSPS) is 28.2. The second-order valence-corrected chi connectivity index (χ2v) is 15.5. The minimum atomic E-state index is -4.57. The summed E-state index contributed by atoms with van der Waals surface area (Å²) in [5.74, 6) is -2.65. The zero-order chi connectivity index (χ0) is 38.3. The van der Waals surface area contributed by atoms with E-state index in [1.807, 2.05) is 17.0 Å². The Morgan fingerprint density at radius 3 is 2.20 bits per heavy atom. The molecule has 1 amide bonds. The van der Waals surface area contributed by atoms with Gasteiger partial charge in [-0.05, 0) is 61.1 Å². The van der Waals surface area contributed by atoms with Crippen LogP contribution in [-0.4, -0.2) is 120 Å². The number of carbonyl (C=O) groups is 2. The number of anilines is 1. The van der Waals surface area contributed by atoms with Crippen molar-refractivity contribution in [3.8, 4) is 5.75 Å². The molecule has 4 saturated heterocycles. The van der Waals surface area contributed by atoms with E-state index in [2.05, 4.69) is 4.90 Å². The van der Waals surface area contributed by atoms with Gasteiger partial charge in [0.05, 0.1) is 45.5 Å². The maximum absolute atomic E-state index is 18.0. The van der Waals surface area contributed by atoms with Gasteiger partial charge in [0, 0.05) is 88.7 Å². The van der Waals surface area contributed by atoms with Crippen molar-refractivity contribution in [2.45, 2.75) is 74.0 Å². The second-order valence-electron chi connectivity index (χ2n) is 15.5. The summed E-state index contributed by atoms with van der Waals surface area (Å²) in [6.07, 6.45) is -0.760. The Bertz CT molecular complexity index is 1640. The summed E-state index contributed by atoms with van der Waals surface area (Å²) in [6, 6.07) is 11.0. The van der Waals surface area contributed by atoms with E-state index >= 15 is 4.39 Å². The predicted molar refractivity (Wildman–Crippen MR) is 191 cm³/mol. The van der Waals surface area contributed by atoms with Gasteiger partial charge in [0.15, 0.2) is 5.79 Å². The number of carbonyl (C=O) groups excluding carboxylic acids is 2. The van der Waals surface area contributed by atoms with E-state index in [0.29, 0.717) is 81.1 Å². The van der Waals surface area contributed by atoms with Gasteiger partial charge in [-0.2, -0.15) is 13.2 Å². The molecule has 1 aliphatic carbocycles. The molecule has 0 N–H and O–H groups in total. The minimum Gasteiger partial charge on any atom is -0.497 e. The molecule has 0 bridgehead atoms. The molecule has 7 rings (SSSR count). The summed E-state index contributed by atoms with van der Waals surface area (Å²) in [5.41, 5.74) is -1.27. The van der Waals surface area contributed by atoms with Crippen LogP contribution >= 0.6 is 0 Å². The van der Waals surface area contributed by atoms with Crippen LogP contribution in [-0.2, 0) is 34.7 Å². The number of hydrogen-bond acceptors (Lipinski definition) is 9. The number of esters is 1. The van der Waals surface area contributed by atoms with Crippen molar-refractivity contribution in [1.29, 1.82) is 0 Å². The Morgan fingerprint density at radius 2 is 1.59 bits per heavy atom. The number of hydrogen-bond donors (Lipinski definition) is 0. The molecule has 5 fully saturated rings. The average molecular weight is 762 g/mol. The van der Waals surface area contributed by atoms with Crippen LogP contribution in [0.4, 0.5) is 23.2 Å². The lowest BCUT2D eigenvalue weighted by molar-refractivity contribution is -0.183. The summed E-state index contributed by atoms with van der Waals surface area (Å²) in [5, 5.41) is 0. The number of piperidine rings is 1. The molecule has 4 atom stereocenters. The first-order valence-electron chi connectivity index (χ1n) is 19.0. The van der Waals surface area contributed by atoms with E-state index in [4.69, 9.17) is 23.7 Å². The molecule has 0 unspecified atom stereocenters. The number of methoxy groups -OCH3 is 3. The maximum Gasteiger partial charge on any atom is 0.416 e. The molecule has 1 spiro atoms. The highest BCUT2D eigenvalue weighted by Crippen LogP contribution is 2.48. The molecule has 4 aliphatic heterocycles. The first-order chi connectivity index (χ1) is 25.9. The first-order valence-corrected chi connectivity index (χ1v) is 19.0. The topological polar surface area (TPSA) is 90.0 Å². The molecule has 0 aromatic heterocycles. The van der Waals surface area contributed by atoms with Crippen molar-refractivity contribution in [3.63, 3.8) is 0 Å². The number of nitrogens with zero attached hydrogens (tertiary/aromatic N) is 3. The quantitative estimate of drug-likeness (QED) is 0.233. The summed E-state index contributed by atoms with van der Waals surface area (Å²) in [7, 11) is 4.45. The number of ether oxygens (including phenoxy) is 5. The Labute approximate surface area is 314 Å². The van der Waals surface area contributed by atoms with Crippen molar-refractivity contribution < 1.29 is 50.8 Å². The van der Waals surface area contributed by atoms with Crippen molar-refractivity contribution in [1.82, 2.24) is 9.80 Å². The Morgan fingerprint density at radius 1 is 0.907 bits per heavy atom. The molecule has 296 valence electrons. The fraction of sp³-hybridized carbons (Fsp3) is 0.650. The Hall–Kier alpha value is -3.46. The number of alkyl halides is 4. The summed E-state index contributed by atoms with van der Waals surface area (Å²) >= 11 is 0. The lowest BCUT2D eigenvalue weighted by Crippen LogP contribution is -2.51. The van der Waals surface area contributed by atoms with Crippen molar-refractivity contribution in [2.75, 3.05) is 85.3 Å². The third kappa shape index (κ3) is 7.55. The zero-order valence-corrected chi connectivity index (χ0v) is 31.2. The molecule has 10 nitrogen and oxygen atoms in total. The van der Waals surface area contributed by atoms with E-state index in [9.17, 15) is 22.8 Å². The molecule has 14 heteroatoms. The van der Waals surface area contributed by atoms with Crippen molar-refractivity contribution >= 4 is 17.6 Å². The van der Waals surface area contributed by atoms with Gasteiger partial charge in [0.25, 0.3) is 5.91 Å². The summed E-state index contributed by atoms with van der Waals surface area (Å²) in [6.45, 7) is 2.72. The molecular formula is C40H51F4N3O7. The minimum absolute atomic E-state index is 0.0557. The Kier molecular flexibility index (Phi) is 11.2. The largest absolute Gasteiger partial charge is 0.497 e. The van der Waals surface area contributed by atoms with Crippen LogP contribution in [0.25, 0.3) is 0 Å². The van der Waals surface area contributed by atoms with Crippen molar-refractivity contribution in [2.24, 2.45) is 11.8 Å². The van der Waals surface area contributed by atoms with Gasteiger partial charge < -0.3 is 33.5 Å². The van der Waals surface area contributed by atoms with Crippen LogP contribution in [0.3, 0.4) is 0 Å². The van der Waals surface area contributed by atoms with E-state index in [0.717, 1.165) is 18.9 Å². The molecular weight excluding hydrogens is 710 g/mol. The summed E-state index contributed by atoms with van der Waals surface area (Å²) in [4.78, 5) is 32.6. The number of likely N-dealkylation sites (tertiary alicyclic amines) is 2. The van der Waals surface area contributed by atoms with Crippen LogP contribution in [0, 0.1) is 11.8 Å². The molecule has 0 radical (unpaired) electrons. The van der Waals surface area contributed by atoms with Gasteiger partial charge in [-0.3, -0.25) is 14.5 Å². The fourth-order valence-electron chi connectivity index (χ4n) is 9.61. The smallest absolute Gasteiger partial charge is 0.416 e. The van der Waals surface area contributed by atoms with Gasteiger partial charge in [-0.25, -0.2) is 4.39 Å². The first kappa shape index (κ1) is 38.8. The number of benzene rings is 2. The third-order valence-electron chi connectivity index (χ3n) is 12.6. The van der Waals surface area contributed by atoms with Crippen LogP contribution in [0.15, 0.2) is 42.5 Å². The van der Waals surface area contributed by atoms with Crippen LogP contribution < -0.4 is 9.64 Å². The highest BCUT2D eigenvalue weighted by molar-refractivity contribution is 5.88. The van der Waals surface area contributed by atoms with Gasteiger partial charge >= 0.3 is 12.1 Å². The molecule has 2 aromatic carbocycles. The fourth-order valence-corrected chi connectivity index (χ4v) is 9.61. The SMILES string of the molecule is COC[C@H]1CN(C(=O)[C@]2(F)CN(C3CCC4(CC3)OCCO4)C[C@H]2c2ccc(OC)cc2)C[C@@H]1c1ccc(C(F)(F)F)cc1N1CCC(C(=O)OC)CC1. The van der Waals surface area contributed by atoms with Gasteiger partial charge in [0.2, 0.25) is 5.67 Å². The molecule has 54 heavy (non-hydrogen) atoms. The lowest BCUT2D eigenvalue weighted by atomic mass is 9.85. The zero-order valence-electron chi connectivity index (χ0n) is 31.2. The highest BCUT2D eigenvalue weighted by Gasteiger charge is 2.58. The predicted octanol–water partition coefficient (Wildman–Crippen LogP) is 5.79. The molecule has 1 saturated carbocycles. The number of rotatable bonds is 9. The molecule has 4 heterocycles.